The summed E-state index contributed by atoms with van der Waals surface area (Å²) < 4.78 is 23.3. The van der Waals surface area contributed by atoms with Crippen molar-refractivity contribution in [1.82, 2.24) is 4.98 Å². The monoisotopic (exact) mass is 213 g/mol. The molecule has 0 atom stereocenters. The Balaban J connectivity index is 2.38. The molecule has 15 heavy (non-hydrogen) atoms. The van der Waals surface area contributed by atoms with Crippen LogP contribution in [0.4, 0.5) is 4.39 Å². The van der Waals surface area contributed by atoms with Gasteiger partial charge in [-0.2, -0.15) is 4.39 Å². The third kappa shape index (κ3) is 4.25. The van der Waals surface area contributed by atoms with Crippen molar-refractivity contribution >= 4 is 0 Å². The highest BCUT2D eigenvalue weighted by atomic mass is 19.1. The molecule has 0 amide bonds. The zero-order valence-electron chi connectivity index (χ0n) is 9.29. The lowest BCUT2D eigenvalue weighted by molar-refractivity contribution is 0.00543. The van der Waals surface area contributed by atoms with Crippen LogP contribution in [0.25, 0.3) is 0 Å². The molecule has 4 heteroatoms. The number of methoxy groups -OCH3 is 1. The number of rotatable bonds is 5. The zero-order chi connectivity index (χ0) is 11.3. The summed E-state index contributed by atoms with van der Waals surface area (Å²) in [5, 5.41) is 0. The molecular formula is C11H16FNO2. The lowest BCUT2D eigenvalue weighted by Gasteiger charge is -2.22. The van der Waals surface area contributed by atoms with Crippen LogP contribution in [0, 0.1) is 5.95 Å². The highest BCUT2D eigenvalue weighted by Crippen LogP contribution is 2.15. The largest absolute Gasteiger partial charge is 0.493 e. The molecule has 1 rings (SSSR count). The van der Waals surface area contributed by atoms with Crippen molar-refractivity contribution in [3.63, 3.8) is 0 Å². The van der Waals surface area contributed by atoms with Crippen molar-refractivity contribution in [2.75, 3.05) is 13.7 Å². The summed E-state index contributed by atoms with van der Waals surface area (Å²) in [6.45, 7) is 4.44. The number of pyridine rings is 1. The molecule has 0 saturated carbocycles. The van der Waals surface area contributed by atoms with Crippen molar-refractivity contribution in [2.24, 2.45) is 0 Å². The molecule has 0 aliphatic heterocycles. The topological polar surface area (TPSA) is 31.4 Å². The van der Waals surface area contributed by atoms with E-state index < -0.39 is 5.95 Å². The van der Waals surface area contributed by atoms with E-state index in [-0.39, 0.29) is 5.60 Å². The fourth-order valence-electron chi connectivity index (χ4n) is 0.991. The molecule has 0 unspecified atom stereocenters. The van der Waals surface area contributed by atoms with Crippen LogP contribution in [-0.2, 0) is 4.74 Å². The molecule has 0 bridgehead atoms. The Kier molecular flexibility index (Phi) is 4.03. The van der Waals surface area contributed by atoms with Crippen LogP contribution in [-0.4, -0.2) is 24.3 Å². The summed E-state index contributed by atoms with van der Waals surface area (Å²) >= 11 is 0. The fraction of sp³-hybridized carbons (Fsp3) is 0.545. The molecule has 3 nitrogen and oxygen atoms in total. The number of ether oxygens (including phenoxy) is 2. The van der Waals surface area contributed by atoms with Crippen molar-refractivity contribution in [3.8, 4) is 5.75 Å². The molecule has 1 heterocycles. The fourth-order valence-corrected chi connectivity index (χ4v) is 0.991. The molecule has 0 saturated heterocycles. The standard InChI is InChI=1S/C11H16FNO2/c1-11(2,14-3)5-7-15-9-4-6-13-10(12)8-9/h4,6,8H,5,7H2,1-3H3. The van der Waals surface area contributed by atoms with E-state index in [1.807, 2.05) is 13.8 Å². The average molecular weight is 213 g/mol. The minimum atomic E-state index is -0.529. The van der Waals surface area contributed by atoms with E-state index >= 15 is 0 Å². The van der Waals surface area contributed by atoms with Crippen molar-refractivity contribution < 1.29 is 13.9 Å². The predicted octanol–water partition coefficient (Wildman–Crippen LogP) is 2.41. The van der Waals surface area contributed by atoms with Crippen LogP contribution in [0.3, 0.4) is 0 Å². The Hall–Kier alpha value is -1.16. The molecule has 1 aromatic heterocycles. The molecule has 0 aliphatic rings. The van der Waals surface area contributed by atoms with Crippen LogP contribution in [0.2, 0.25) is 0 Å². The van der Waals surface area contributed by atoms with Gasteiger partial charge in [0.25, 0.3) is 0 Å². The van der Waals surface area contributed by atoms with Gasteiger partial charge in [-0.1, -0.05) is 0 Å². The molecule has 84 valence electrons. The summed E-state index contributed by atoms with van der Waals surface area (Å²) in [6.07, 6.45) is 2.12. The molecule has 0 spiro atoms. The van der Waals surface area contributed by atoms with E-state index in [9.17, 15) is 4.39 Å². The Labute approximate surface area is 89.2 Å². The number of hydrogen-bond acceptors (Lipinski definition) is 3. The molecule has 0 aliphatic carbocycles. The van der Waals surface area contributed by atoms with Gasteiger partial charge in [0.05, 0.1) is 12.2 Å². The quantitative estimate of drug-likeness (QED) is 0.704. The molecular weight excluding hydrogens is 197 g/mol. The molecule has 0 radical (unpaired) electrons. The van der Waals surface area contributed by atoms with Gasteiger partial charge < -0.3 is 9.47 Å². The number of hydrogen-bond donors (Lipinski definition) is 0. The first-order valence-electron chi connectivity index (χ1n) is 4.83. The summed E-state index contributed by atoms with van der Waals surface area (Å²) in [5.41, 5.74) is -0.217. The van der Waals surface area contributed by atoms with E-state index in [0.717, 1.165) is 6.42 Å². The molecule has 0 aromatic carbocycles. The van der Waals surface area contributed by atoms with E-state index in [1.165, 1.54) is 12.3 Å². The number of halogens is 1. The van der Waals surface area contributed by atoms with Gasteiger partial charge in [-0.15, -0.1) is 0 Å². The summed E-state index contributed by atoms with van der Waals surface area (Å²) in [5.74, 6) is -0.0343. The molecule has 0 fully saturated rings. The van der Waals surface area contributed by atoms with Gasteiger partial charge in [-0.05, 0) is 19.9 Å². The highest BCUT2D eigenvalue weighted by Gasteiger charge is 2.15. The van der Waals surface area contributed by atoms with E-state index in [0.29, 0.717) is 12.4 Å². The highest BCUT2D eigenvalue weighted by molar-refractivity contribution is 5.17. The Morgan fingerprint density at radius 3 is 2.80 bits per heavy atom. The van der Waals surface area contributed by atoms with E-state index in [2.05, 4.69) is 4.98 Å². The van der Waals surface area contributed by atoms with Crippen LogP contribution in [0.1, 0.15) is 20.3 Å². The third-order valence-electron chi connectivity index (χ3n) is 2.22. The molecule has 1 aromatic rings. The normalized spacial score (nSPS) is 11.5. The SMILES string of the molecule is COC(C)(C)CCOc1ccnc(F)c1. The van der Waals surface area contributed by atoms with Crippen molar-refractivity contribution in [3.05, 3.63) is 24.3 Å². The Bertz CT molecular complexity index is 315. The van der Waals surface area contributed by atoms with E-state index in [1.54, 1.807) is 13.2 Å². The maximum atomic E-state index is 12.7. The first kappa shape index (κ1) is 11.9. The summed E-state index contributed by atoms with van der Waals surface area (Å²) in [6, 6.07) is 2.89. The van der Waals surface area contributed by atoms with Crippen LogP contribution < -0.4 is 4.74 Å². The predicted molar refractivity (Wildman–Crippen MR) is 55.4 cm³/mol. The average Bonchev–Trinajstić information content (AvgIpc) is 2.18. The van der Waals surface area contributed by atoms with Crippen LogP contribution in [0.15, 0.2) is 18.3 Å². The second kappa shape index (κ2) is 5.07. The molecule has 0 N–H and O–H groups in total. The van der Waals surface area contributed by atoms with Crippen LogP contribution >= 0.6 is 0 Å². The van der Waals surface area contributed by atoms with E-state index in [4.69, 9.17) is 9.47 Å². The lowest BCUT2D eigenvalue weighted by atomic mass is 10.1. The van der Waals surface area contributed by atoms with Crippen molar-refractivity contribution in [2.45, 2.75) is 25.9 Å². The first-order chi connectivity index (χ1) is 7.03. The first-order valence-corrected chi connectivity index (χ1v) is 4.83. The second-order valence-corrected chi connectivity index (χ2v) is 3.88. The minimum Gasteiger partial charge on any atom is -0.493 e. The third-order valence-corrected chi connectivity index (χ3v) is 2.22. The van der Waals surface area contributed by atoms with Gasteiger partial charge in [0.2, 0.25) is 5.95 Å². The van der Waals surface area contributed by atoms with Gasteiger partial charge >= 0.3 is 0 Å². The van der Waals surface area contributed by atoms with Crippen LogP contribution in [0.5, 0.6) is 5.75 Å². The summed E-state index contributed by atoms with van der Waals surface area (Å²) in [4.78, 5) is 3.44. The number of aromatic nitrogens is 1. The lowest BCUT2D eigenvalue weighted by Crippen LogP contribution is -2.25. The Morgan fingerprint density at radius 2 is 2.20 bits per heavy atom. The summed E-state index contributed by atoms with van der Waals surface area (Å²) in [7, 11) is 1.66. The van der Waals surface area contributed by atoms with Gasteiger partial charge in [0.15, 0.2) is 0 Å². The zero-order valence-corrected chi connectivity index (χ0v) is 9.29. The smallest absolute Gasteiger partial charge is 0.216 e. The number of nitrogens with zero attached hydrogens (tertiary/aromatic N) is 1. The van der Waals surface area contributed by atoms with Gasteiger partial charge in [-0.3, -0.25) is 0 Å². The maximum absolute atomic E-state index is 12.7. The van der Waals surface area contributed by atoms with Gasteiger partial charge in [0.1, 0.15) is 5.75 Å². The second-order valence-electron chi connectivity index (χ2n) is 3.88. The van der Waals surface area contributed by atoms with Gasteiger partial charge in [-0.25, -0.2) is 4.98 Å². The van der Waals surface area contributed by atoms with Crippen molar-refractivity contribution in [1.29, 1.82) is 0 Å². The minimum absolute atomic E-state index is 0.217. The Morgan fingerprint density at radius 1 is 1.47 bits per heavy atom. The maximum Gasteiger partial charge on any atom is 0.216 e. The van der Waals surface area contributed by atoms with Gasteiger partial charge in [0, 0.05) is 25.8 Å².